The number of nitrogens with zero attached hydrogens (tertiary/aromatic N) is 4. The Morgan fingerprint density at radius 2 is 1.27 bits per heavy atom. The number of rotatable bonds is 8. The van der Waals surface area contributed by atoms with Gasteiger partial charge in [0.15, 0.2) is 0 Å². The first-order chi connectivity index (χ1) is 21.9. The van der Waals surface area contributed by atoms with E-state index in [0.717, 1.165) is 43.6 Å². The maximum Gasteiger partial charge on any atom is 0.283 e. The van der Waals surface area contributed by atoms with Crippen molar-refractivity contribution in [1.29, 1.82) is 0 Å². The highest BCUT2D eigenvalue weighted by atomic mass is 79.9. The summed E-state index contributed by atoms with van der Waals surface area (Å²) < 4.78 is 15.3. The largest absolute Gasteiger partial charge is 0.380 e. The summed E-state index contributed by atoms with van der Waals surface area (Å²) in [6.45, 7) is 4.07. The molecule has 0 aliphatic carbocycles. The van der Waals surface area contributed by atoms with Crippen LogP contribution >= 0.6 is 47.8 Å². The predicted molar refractivity (Wildman–Crippen MR) is 187 cm³/mol. The number of halogens is 3. The van der Waals surface area contributed by atoms with Crippen LogP contribution in [0.15, 0.2) is 96.1 Å². The summed E-state index contributed by atoms with van der Waals surface area (Å²) in [6, 6.07) is 19.6. The van der Waals surface area contributed by atoms with Crippen LogP contribution in [0.2, 0.25) is 0 Å². The molecule has 0 bridgehead atoms. The molecule has 2 aliphatic rings. The van der Waals surface area contributed by atoms with Gasteiger partial charge in [0.2, 0.25) is 0 Å². The van der Waals surface area contributed by atoms with Crippen LogP contribution in [0.25, 0.3) is 0 Å². The maximum atomic E-state index is 12.4. The summed E-state index contributed by atoms with van der Waals surface area (Å²) in [5, 5.41) is 11.6. The van der Waals surface area contributed by atoms with Crippen molar-refractivity contribution in [2.24, 2.45) is 5.73 Å². The second-order valence-corrected chi connectivity index (χ2v) is 12.9. The fraction of sp³-hybridized carbons (Fsp3) is 0.375. The van der Waals surface area contributed by atoms with Gasteiger partial charge in [-0.3, -0.25) is 9.59 Å². The molecule has 10 nitrogen and oxygen atoms in total. The summed E-state index contributed by atoms with van der Waals surface area (Å²) in [5.74, 6) is 0. The highest BCUT2D eigenvalue weighted by Gasteiger charge is 2.17. The van der Waals surface area contributed by atoms with E-state index in [2.05, 4.69) is 63.3 Å². The van der Waals surface area contributed by atoms with Crippen LogP contribution in [0.4, 0.5) is 5.69 Å². The zero-order valence-corrected chi connectivity index (χ0v) is 29.5. The Labute approximate surface area is 287 Å². The fourth-order valence-corrected chi connectivity index (χ4v) is 5.65. The molecule has 45 heavy (non-hydrogen) atoms. The molecule has 2 fully saturated rings. The number of ether oxygens (including phenoxy) is 2. The SMILES string of the molecule is NCC1CCCO1.O=c1c(Br)c(Br)cnn1Cc1ccccc1.O=c1c(Br)c(NCC2CCCO2)cnn1Cc1ccccc1. The monoisotopic (exact) mass is 806 g/mol. The van der Waals surface area contributed by atoms with Crippen molar-refractivity contribution < 1.29 is 9.47 Å². The summed E-state index contributed by atoms with van der Waals surface area (Å²) in [7, 11) is 0. The molecule has 2 unspecified atom stereocenters. The number of anilines is 1. The number of aromatic nitrogens is 4. The lowest BCUT2D eigenvalue weighted by Gasteiger charge is -2.13. The minimum absolute atomic E-state index is 0.138. The predicted octanol–water partition coefficient (Wildman–Crippen LogP) is 5.59. The van der Waals surface area contributed by atoms with Gasteiger partial charge in [-0.15, -0.1) is 0 Å². The Morgan fingerprint density at radius 1 is 0.756 bits per heavy atom. The van der Waals surface area contributed by atoms with E-state index < -0.39 is 0 Å². The zero-order chi connectivity index (χ0) is 32.0. The summed E-state index contributed by atoms with van der Waals surface area (Å²) in [4.78, 5) is 24.2. The number of hydrogen-bond donors (Lipinski definition) is 2. The molecule has 2 saturated heterocycles. The molecule has 6 rings (SSSR count). The van der Waals surface area contributed by atoms with E-state index in [9.17, 15) is 9.59 Å². The van der Waals surface area contributed by atoms with Gasteiger partial charge in [0.05, 0.1) is 47.9 Å². The molecule has 0 radical (unpaired) electrons. The molecule has 4 aromatic rings. The van der Waals surface area contributed by atoms with E-state index >= 15 is 0 Å². The molecule has 0 saturated carbocycles. The number of hydrogen-bond acceptors (Lipinski definition) is 8. The lowest BCUT2D eigenvalue weighted by molar-refractivity contribution is 0.117. The molecule has 2 aromatic carbocycles. The minimum Gasteiger partial charge on any atom is -0.380 e. The van der Waals surface area contributed by atoms with Crippen LogP contribution in [-0.4, -0.2) is 58.1 Å². The Balaban J connectivity index is 0.000000174. The number of benzene rings is 2. The van der Waals surface area contributed by atoms with E-state index in [0.29, 0.717) is 51.4 Å². The average molecular weight is 809 g/mol. The quantitative estimate of drug-likeness (QED) is 0.236. The van der Waals surface area contributed by atoms with Gasteiger partial charge in [-0.25, -0.2) is 9.36 Å². The summed E-state index contributed by atoms with van der Waals surface area (Å²) >= 11 is 9.84. The van der Waals surface area contributed by atoms with Gasteiger partial charge in [-0.05, 0) is 84.6 Å². The number of nitrogens with two attached hydrogens (primary N) is 1. The lowest BCUT2D eigenvalue weighted by Crippen LogP contribution is -2.26. The fourth-order valence-electron chi connectivity index (χ4n) is 4.63. The first kappa shape index (κ1) is 35.2. The molecule has 13 heteroatoms. The third-order valence-electron chi connectivity index (χ3n) is 7.11. The van der Waals surface area contributed by atoms with Crippen LogP contribution in [0.1, 0.15) is 36.8 Å². The maximum absolute atomic E-state index is 12.4. The van der Waals surface area contributed by atoms with Gasteiger partial charge < -0.3 is 20.5 Å². The van der Waals surface area contributed by atoms with Gasteiger partial charge in [-0.1, -0.05) is 60.7 Å². The summed E-state index contributed by atoms with van der Waals surface area (Å²) in [5.41, 5.74) is 7.84. The third kappa shape index (κ3) is 11.0. The minimum atomic E-state index is -0.141. The molecule has 2 aliphatic heterocycles. The smallest absolute Gasteiger partial charge is 0.283 e. The first-order valence-electron chi connectivity index (χ1n) is 14.8. The van der Waals surface area contributed by atoms with Crippen LogP contribution in [0, 0.1) is 0 Å². The topological polar surface area (TPSA) is 126 Å². The van der Waals surface area contributed by atoms with Crippen LogP contribution < -0.4 is 22.2 Å². The van der Waals surface area contributed by atoms with E-state index in [4.69, 9.17) is 15.2 Å². The van der Waals surface area contributed by atoms with Crippen LogP contribution in [0.5, 0.6) is 0 Å². The van der Waals surface area contributed by atoms with Gasteiger partial charge in [0.1, 0.15) is 8.95 Å². The molecule has 0 spiro atoms. The molecule has 2 aromatic heterocycles. The van der Waals surface area contributed by atoms with E-state index in [1.807, 2.05) is 60.7 Å². The first-order valence-corrected chi connectivity index (χ1v) is 17.1. The zero-order valence-electron chi connectivity index (χ0n) is 24.8. The molecular formula is C32H37Br3N6O4. The molecular weight excluding hydrogens is 772 g/mol. The molecule has 2 atom stereocenters. The molecule has 0 amide bonds. The van der Waals surface area contributed by atoms with Crippen molar-refractivity contribution in [3.63, 3.8) is 0 Å². The lowest BCUT2D eigenvalue weighted by atomic mass is 10.2. The van der Waals surface area contributed by atoms with Gasteiger partial charge in [0.25, 0.3) is 11.1 Å². The van der Waals surface area contributed by atoms with E-state index in [-0.39, 0.29) is 17.2 Å². The second-order valence-electron chi connectivity index (χ2n) is 10.5. The van der Waals surface area contributed by atoms with Gasteiger partial charge in [-0.2, -0.15) is 10.2 Å². The molecule has 4 heterocycles. The second kappa shape index (κ2) is 18.5. The van der Waals surface area contributed by atoms with Crippen LogP contribution in [0.3, 0.4) is 0 Å². The molecule has 3 N–H and O–H groups in total. The number of nitrogens with one attached hydrogen (secondary N) is 1. The Hall–Kier alpha value is -2.68. The van der Waals surface area contributed by atoms with Crippen LogP contribution in [-0.2, 0) is 22.6 Å². The van der Waals surface area contributed by atoms with Gasteiger partial charge >= 0.3 is 0 Å². The van der Waals surface area contributed by atoms with Crippen molar-refractivity contribution in [3.8, 4) is 0 Å². The van der Waals surface area contributed by atoms with Crippen molar-refractivity contribution >= 4 is 53.5 Å². The summed E-state index contributed by atoms with van der Waals surface area (Å²) in [6.07, 6.45) is 8.41. The highest BCUT2D eigenvalue weighted by Crippen LogP contribution is 2.19. The Kier molecular flexibility index (Phi) is 14.4. The normalized spacial score (nSPS) is 17.2. The molecule has 240 valence electrons. The van der Waals surface area contributed by atoms with E-state index in [1.54, 1.807) is 12.4 Å². The van der Waals surface area contributed by atoms with Gasteiger partial charge in [0, 0.05) is 26.3 Å². The third-order valence-corrected chi connectivity index (χ3v) is 9.77. The Morgan fingerprint density at radius 3 is 1.76 bits per heavy atom. The highest BCUT2D eigenvalue weighted by molar-refractivity contribution is 9.13. The van der Waals surface area contributed by atoms with Crippen molar-refractivity contribution in [2.45, 2.75) is 51.0 Å². The Bertz CT molecular complexity index is 1590. The van der Waals surface area contributed by atoms with Crippen molar-refractivity contribution in [2.75, 3.05) is 31.6 Å². The standard InChI is InChI=1S/C16H18BrN3O2.C11H8Br2N2O.C5H11NO/c17-15-14(18-9-13-7-4-8-22-13)10-19-20(16(15)21)11-12-5-2-1-3-6-12;12-9-6-14-15(11(16)10(9)13)7-8-4-2-1-3-5-8;6-4-5-2-1-3-7-5/h1-3,5-6,10,13,18H,4,7-9,11H2;1-6H,7H2;5H,1-4,6H2. The van der Waals surface area contributed by atoms with Crippen molar-refractivity contribution in [3.05, 3.63) is 118 Å². The van der Waals surface area contributed by atoms with E-state index in [1.165, 1.54) is 15.8 Å². The average Bonchev–Trinajstić information content (AvgIpc) is 3.80. The van der Waals surface area contributed by atoms with Crippen molar-refractivity contribution in [1.82, 2.24) is 19.6 Å².